The van der Waals surface area contributed by atoms with Crippen LogP contribution in [-0.2, 0) is 6.42 Å². The fourth-order valence-electron chi connectivity index (χ4n) is 3.30. The van der Waals surface area contributed by atoms with Gasteiger partial charge in [0.1, 0.15) is 11.9 Å². The summed E-state index contributed by atoms with van der Waals surface area (Å²) in [6.45, 7) is 9.22. The molecule has 1 saturated carbocycles. The topological polar surface area (TPSA) is 35.2 Å². The fraction of sp³-hybridized carbons (Fsp3) is 0.684. The summed E-state index contributed by atoms with van der Waals surface area (Å²) in [5, 5.41) is 0. The normalized spacial score (nSPS) is 26.6. The first-order valence-corrected chi connectivity index (χ1v) is 8.47. The molecule has 3 atom stereocenters. The summed E-state index contributed by atoms with van der Waals surface area (Å²) in [5.41, 5.74) is 8.02. The third kappa shape index (κ3) is 4.00. The van der Waals surface area contributed by atoms with Crippen molar-refractivity contribution in [2.45, 2.75) is 71.9 Å². The van der Waals surface area contributed by atoms with Gasteiger partial charge in [-0.15, -0.1) is 0 Å². The number of ether oxygens (including phenoxy) is 1. The van der Waals surface area contributed by atoms with Gasteiger partial charge in [-0.25, -0.2) is 0 Å². The van der Waals surface area contributed by atoms with E-state index < -0.39 is 0 Å². The highest BCUT2D eigenvalue weighted by Crippen LogP contribution is 2.41. The van der Waals surface area contributed by atoms with Crippen molar-refractivity contribution in [1.82, 2.24) is 0 Å². The van der Waals surface area contributed by atoms with Gasteiger partial charge in [-0.05, 0) is 54.7 Å². The zero-order valence-corrected chi connectivity index (χ0v) is 14.1. The van der Waals surface area contributed by atoms with E-state index >= 15 is 0 Å². The van der Waals surface area contributed by atoms with Gasteiger partial charge in [0.25, 0.3) is 0 Å². The summed E-state index contributed by atoms with van der Waals surface area (Å²) in [4.78, 5) is 0. The first-order chi connectivity index (χ1) is 9.96. The molecule has 0 aliphatic heterocycles. The molecule has 0 saturated heterocycles. The van der Waals surface area contributed by atoms with Crippen molar-refractivity contribution < 1.29 is 4.74 Å². The molecule has 2 rings (SSSR count). The summed E-state index contributed by atoms with van der Waals surface area (Å²) in [7, 11) is 0. The van der Waals surface area contributed by atoms with Gasteiger partial charge in [-0.1, -0.05) is 46.2 Å². The maximum absolute atomic E-state index is 6.32. The van der Waals surface area contributed by atoms with Gasteiger partial charge in [0.2, 0.25) is 0 Å². The van der Waals surface area contributed by atoms with Crippen molar-refractivity contribution in [1.29, 1.82) is 0 Å². The van der Waals surface area contributed by atoms with Crippen LogP contribution in [-0.4, -0.2) is 12.1 Å². The Morgan fingerprint density at radius 1 is 1.24 bits per heavy atom. The van der Waals surface area contributed by atoms with Crippen LogP contribution in [0.15, 0.2) is 24.3 Å². The molecule has 0 bridgehead atoms. The van der Waals surface area contributed by atoms with Gasteiger partial charge < -0.3 is 10.5 Å². The molecule has 2 N–H and O–H groups in total. The number of hydrogen-bond acceptors (Lipinski definition) is 2. The van der Waals surface area contributed by atoms with Crippen molar-refractivity contribution in [3.8, 4) is 5.75 Å². The number of aryl methyl sites for hydroxylation is 1. The minimum Gasteiger partial charge on any atom is -0.489 e. The zero-order chi connectivity index (χ0) is 15.5. The Bertz CT molecular complexity index is 455. The Balaban J connectivity index is 2.06. The van der Waals surface area contributed by atoms with Crippen molar-refractivity contribution in [3.05, 3.63) is 29.8 Å². The largest absolute Gasteiger partial charge is 0.489 e. The van der Waals surface area contributed by atoms with Gasteiger partial charge in [0.05, 0.1) is 0 Å². The molecule has 2 nitrogen and oxygen atoms in total. The zero-order valence-electron chi connectivity index (χ0n) is 14.1. The van der Waals surface area contributed by atoms with E-state index in [1.54, 1.807) is 0 Å². The molecule has 0 amide bonds. The number of nitrogens with two attached hydrogens (primary N) is 1. The van der Waals surface area contributed by atoms with Crippen LogP contribution in [0.2, 0.25) is 0 Å². The monoisotopic (exact) mass is 289 g/mol. The van der Waals surface area contributed by atoms with Crippen LogP contribution in [0.5, 0.6) is 5.75 Å². The Kier molecular flexibility index (Phi) is 5.32. The van der Waals surface area contributed by atoms with E-state index in [1.807, 2.05) is 0 Å². The quantitative estimate of drug-likeness (QED) is 0.862. The van der Waals surface area contributed by atoms with Crippen LogP contribution in [0.25, 0.3) is 0 Å². The van der Waals surface area contributed by atoms with Crippen LogP contribution < -0.4 is 10.5 Å². The molecule has 0 radical (unpaired) electrons. The second kappa shape index (κ2) is 6.83. The van der Waals surface area contributed by atoms with Crippen molar-refractivity contribution in [2.75, 3.05) is 0 Å². The highest BCUT2D eigenvalue weighted by atomic mass is 16.5. The molecular formula is C19H31NO. The molecule has 0 heterocycles. The van der Waals surface area contributed by atoms with E-state index in [-0.39, 0.29) is 12.1 Å². The average molecular weight is 289 g/mol. The van der Waals surface area contributed by atoms with Gasteiger partial charge in [-0.2, -0.15) is 0 Å². The molecule has 1 fully saturated rings. The summed E-state index contributed by atoms with van der Waals surface area (Å²) < 4.78 is 6.25. The molecule has 1 aromatic rings. The lowest BCUT2D eigenvalue weighted by molar-refractivity contribution is 0.0502. The Labute approximate surface area is 130 Å². The highest BCUT2D eigenvalue weighted by Gasteiger charge is 2.37. The van der Waals surface area contributed by atoms with E-state index in [9.17, 15) is 0 Å². The summed E-state index contributed by atoms with van der Waals surface area (Å²) in [6.07, 6.45) is 5.80. The number of rotatable bonds is 5. The van der Waals surface area contributed by atoms with Gasteiger partial charge >= 0.3 is 0 Å². The lowest BCUT2D eigenvalue weighted by Crippen LogP contribution is -2.46. The number of benzene rings is 1. The molecule has 1 aliphatic rings. The Hall–Kier alpha value is -1.02. The van der Waals surface area contributed by atoms with E-state index in [0.717, 1.165) is 25.0 Å². The molecule has 1 aliphatic carbocycles. The maximum atomic E-state index is 6.32. The second-order valence-corrected chi connectivity index (χ2v) is 7.17. The SMILES string of the molecule is CCc1cccc(OC2CC(C(C)(C)CC)CCC2N)c1. The molecule has 0 aromatic heterocycles. The molecule has 1 aromatic carbocycles. The smallest absolute Gasteiger partial charge is 0.120 e. The van der Waals surface area contributed by atoms with Crippen LogP contribution >= 0.6 is 0 Å². The molecule has 0 spiro atoms. The van der Waals surface area contributed by atoms with E-state index in [4.69, 9.17) is 10.5 Å². The van der Waals surface area contributed by atoms with Crippen LogP contribution in [0, 0.1) is 11.3 Å². The lowest BCUT2D eigenvalue weighted by atomic mass is 9.68. The van der Waals surface area contributed by atoms with Gasteiger partial charge in [-0.3, -0.25) is 0 Å². The molecular weight excluding hydrogens is 258 g/mol. The van der Waals surface area contributed by atoms with Crippen molar-refractivity contribution in [3.63, 3.8) is 0 Å². The third-order valence-corrected chi connectivity index (χ3v) is 5.45. The standard InChI is InChI=1S/C19H31NO/c1-5-14-8-7-9-16(12-14)21-18-13-15(10-11-17(18)20)19(3,4)6-2/h7-9,12,15,17-18H,5-6,10-11,13,20H2,1-4H3. The van der Waals surface area contributed by atoms with E-state index in [0.29, 0.717) is 11.3 Å². The van der Waals surface area contributed by atoms with Crippen molar-refractivity contribution >= 4 is 0 Å². The van der Waals surface area contributed by atoms with Crippen LogP contribution in [0.3, 0.4) is 0 Å². The minimum absolute atomic E-state index is 0.154. The molecule has 3 unspecified atom stereocenters. The van der Waals surface area contributed by atoms with Crippen LogP contribution in [0.4, 0.5) is 0 Å². The molecule has 21 heavy (non-hydrogen) atoms. The molecule has 2 heteroatoms. The van der Waals surface area contributed by atoms with Gasteiger partial charge in [0, 0.05) is 6.04 Å². The van der Waals surface area contributed by atoms with Crippen molar-refractivity contribution in [2.24, 2.45) is 17.1 Å². The second-order valence-electron chi connectivity index (χ2n) is 7.17. The summed E-state index contributed by atoms with van der Waals surface area (Å²) in [6, 6.07) is 8.60. The van der Waals surface area contributed by atoms with E-state index in [1.165, 1.54) is 18.4 Å². The Morgan fingerprint density at radius 3 is 2.67 bits per heavy atom. The summed E-state index contributed by atoms with van der Waals surface area (Å²) in [5.74, 6) is 1.69. The first-order valence-electron chi connectivity index (χ1n) is 8.47. The molecule has 118 valence electrons. The van der Waals surface area contributed by atoms with E-state index in [2.05, 4.69) is 52.0 Å². The Morgan fingerprint density at radius 2 is 2.00 bits per heavy atom. The van der Waals surface area contributed by atoms with Crippen LogP contribution in [0.1, 0.15) is 58.9 Å². The fourth-order valence-corrected chi connectivity index (χ4v) is 3.30. The first kappa shape index (κ1) is 16.4. The third-order valence-electron chi connectivity index (χ3n) is 5.45. The van der Waals surface area contributed by atoms with Gasteiger partial charge in [0.15, 0.2) is 0 Å². The number of hydrogen-bond donors (Lipinski definition) is 1. The summed E-state index contributed by atoms with van der Waals surface area (Å²) >= 11 is 0. The lowest BCUT2D eigenvalue weighted by Gasteiger charge is -2.42. The predicted octanol–water partition coefficient (Wildman–Crippen LogP) is 4.56. The highest BCUT2D eigenvalue weighted by molar-refractivity contribution is 5.28. The maximum Gasteiger partial charge on any atom is 0.120 e. The predicted molar refractivity (Wildman–Crippen MR) is 89.6 cm³/mol. The average Bonchev–Trinajstić information content (AvgIpc) is 2.49. The minimum atomic E-state index is 0.154.